The Morgan fingerprint density at radius 1 is 1.31 bits per heavy atom. The highest BCUT2D eigenvalue weighted by molar-refractivity contribution is 9.10. The Bertz CT molecular complexity index is 774. The molecule has 1 aliphatic heterocycles. The van der Waals surface area contributed by atoms with Crippen LogP contribution in [0, 0.1) is 5.92 Å². The van der Waals surface area contributed by atoms with Gasteiger partial charge in [0.25, 0.3) is 0 Å². The SMILES string of the molecule is CC(C)CC1CN(C(=O)O)CCc2cc(Cc3ccc(Br)nc3)ccc21. The third-order valence-electron chi connectivity index (χ3n) is 4.96. The number of pyridine rings is 1. The molecule has 26 heavy (non-hydrogen) atoms. The summed E-state index contributed by atoms with van der Waals surface area (Å²) >= 11 is 3.37. The molecule has 2 heterocycles. The number of hydrogen-bond acceptors (Lipinski definition) is 2. The number of rotatable bonds is 4. The second kappa shape index (κ2) is 8.21. The van der Waals surface area contributed by atoms with E-state index in [-0.39, 0.29) is 5.92 Å². The van der Waals surface area contributed by atoms with Gasteiger partial charge < -0.3 is 10.0 Å². The number of nitrogens with zero attached hydrogens (tertiary/aromatic N) is 2. The first-order valence-electron chi connectivity index (χ1n) is 9.12. The summed E-state index contributed by atoms with van der Waals surface area (Å²) in [7, 11) is 0. The van der Waals surface area contributed by atoms with E-state index < -0.39 is 6.09 Å². The van der Waals surface area contributed by atoms with Crippen LogP contribution in [0.25, 0.3) is 0 Å². The van der Waals surface area contributed by atoms with E-state index in [1.165, 1.54) is 22.3 Å². The largest absolute Gasteiger partial charge is 0.465 e. The van der Waals surface area contributed by atoms with Crippen molar-refractivity contribution in [3.8, 4) is 0 Å². The van der Waals surface area contributed by atoms with Crippen LogP contribution < -0.4 is 0 Å². The van der Waals surface area contributed by atoms with Crippen molar-refractivity contribution in [1.82, 2.24) is 9.88 Å². The van der Waals surface area contributed by atoms with Gasteiger partial charge in [-0.05, 0) is 69.4 Å². The number of carboxylic acid groups (broad SMARTS) is 1. The van der Waals surface area contributed by atoms with Crippen LogP contribution >= 0.6 is 15.9 Å². The lowest BCUT2D eigenvalue weighted by molar-refractivity contribution is 0.142. The third-order valence-corrected chi connectivity index (χ3v) is 5.43. The Kier molecular flexibility index (Phi) is 5.97. The molecule has 0 fully saturated rings. The number of halogens is 1. The first-order chi connectivity index (χ1) is 12.4. The van der Waals surface area contributed by atoms with E-state index in [9.17, 15) is 9.90 Å². The zero-order chi connectivity index (χ0) is 18.7. The van der Waals surface area contributed by atoms with Crippen LogP contribution in [0.1, 0.15) is 48.4 Å². The van der Waals surface area contributed by atoms with Gasteiger partial charge in [-0.25, -0.2) is 9.78 Å². The Hall–Kier alpha value is -1.88. The van der Waals surface area contributed by atoms with E-state index in [1.54, 1.807) is 4.90 Å². The van der Waals surface area contributed by atoms with Crippen molar-refractivity contribution in [2.24, 2.45) is 5.92 Å². The zero-order valence-electron chi connectivity index (χ0n) is 15.3. The van der Waals surface area contributed by atoms with Crippen LogP contribution in [0.3, 0.4) is 0 Å². The van der Waals surface area contributed by atoms with Crippen LogP contribution in [0.15, 0.2) is 41.1 Å². The highest BCUT2D eigenvalue weighted by atomic mass is 79.9. The molecule has 0 spiro atoms. The summed E-state index contributed by atoms with van der Waals surface area (Å²) in [6, 6.07) is 10.7. The first kappa shape index (κ1) is 18.9. The average molecular weight is 417 g/mol. The van der Waals surface area contributed by atoms with E-state index in [0.717, 1.165) is 23.9 Å². The molecule has 1 unspecified atom stereocenters. The molecule has 1 atom stereocenters. The van der Waals surface area contributed by atoms with Crippen LogP contribution in [0.4, 0.5) is 4.79 Å². The quantitative estimate of drug-likeness (QED) is 0.705. The Labute approximate surface area is 163 Å². The Morgan fingerprint density at radius 3 is 2.73 bits per heavy atom. The van der Waals surface area contributed by atoms with E-state index in [4.69, 9.17) is 0 Å². The molecule has 4 nitrogen and oxygen atoms in total. The number of carbonyl (C=O) groups is 1. The molecule has 3 rings (SSSR count). The van der Waals surface area contributed by atoms with Crippen molar-refractivity contribution in [2.45, 2.75) is 39.0 Å². The molecule has 1 amide bonds. The highest BCUT2D eigenvalue weighted by Gasteiger charge is 2.26. The molecule has 0 saturated heterocycles. The fourth-order valence-electron chi connectivity index (χ4n) is 3.79. The van der Waals surface area contributed by atoms with Gasteiger partial charge in [0.1, 0.15) is 4.60 Å². The van der Waals surface area contributed by atoms with Crippen LogP contribution in [0.5, 0.6) is 0 Å². The van der Waals surface area contributed by atoms with Gasteiger partial charge >= 0.3 is 6.09 Å². The first-order valence-corrected chi connectivity index (χ1v) is 9.91. The highest BCUT2D eigenvalue weighted by Crippen LogP contribution is 2.32. The van der Waals surface area contributed by atoms with Gasteiger partial charge in [0.05, 0.1) is 0 Å². The molecule has 0 aliphatic carbocycles. The van der Waals surface area contributed by atoms with Crippen molar-refractivity contribution < 1.29 is 9.90 Å². The van der Waals surface area contributed by atoms with Crippen LogP contribution in [-0.4, -0.2) is 34.2 Å². The van der Waals surface area contributed by atoms with Gasteiger partial charge in [-0.1, -0.05) is 38.1 Å². The molecule has 2 aromatic rings. The van der Waals surface area contributed by atoms with Crippen molar-refractivity contribution in [3.63, 3.8) is 0 Å². The number of fused-ring (bicyclic) bond motifs is 1. The summed E-state index contributed by atoms with van der Waals surface area (Å²) in [5, 5.41) is 9.48. The molecule has 0 saturated carbocycles. The molecule has 1 aromatic heterocycles. The molecule has 138 valence electrons. The Balaban J connectivity index is 1.87. The smallest absolute Gasteiger partial charge is 0.407 e. The summed E-state index contributed by atoms with van der Waals surface area (Å²) < 4.78 is 0.841. The van der Waals surface area contributed by atoms with E-state index in [1.807, 2.05) is 12.3 Å². The molecule has 0 radical (unpaired) electrons. The average Bonchev–Trinajstić information content (AvgIpc) is 2.76. The van der Waals surface area contributed by atoms with Gasteiger partial charge in [0.15, 0.2) is 0 Å². The van der Waals surface area contributed by atoms with Gasteiger partial charge in [-0.3, -0.25) is 0 Å². The number of aromatic nitrogens is 1. The summed E-state index contributed by atoms with van der Waals surface area (Å²) in [5.74, 6) is 0.808. The van der Waals surface area contributed by atoms with E-state index >= 15 is 0 Å². The number of amides is 1. The maximum atomic E-state index is 11.5. The topological polar surface area (TPSA) is 53.4 Å². The normalized spacial score (nSPS) is 17.1. The molecule has 1 N–H and O–H groups in total. The maximum absolute atomic E-state index is 11.5. The lowest BCUT2D eigenvalue weighted by Gasteiger charge is -2.24. The number of benzene rings is 1. The van der Waals surface area contributed by atoms with Gasteiger partial charge in [-0.2, -0.15) is 0 Å². The number of hydrogen-bond donors (Lipinski definition) is 1. The van der Waals surface area contributed by atoms with Crippen molar-refractivity contribution in [1.29, 1.82) is 0 Å². The Morgan fingerprint density at radius 2 is 2.08 bits per heavy atom. The molecule has 1 aromatic carbocycles. The van der Waals surface area contributed by atoms with Gasteiger partial charge in [0, 0.05) is 25.2 Å². The molecule has 0 bridgehead atoms. The minimum atomic E-state index is -0.812. The summed E-state index contributed by atoms with van der Waals surface area (Å²) in [6.07, 6.45) is 3.71. The molecule has 5 heteroatoms. The van der Waals surface area contributed by atoms with Crippen LogP contribution in [-0.2, 0) is 12.8 Å². The standard InChI is InChI=1S/C21H25BrN2O2/c1-14(2)9-18-13-24(21(25)26)8-7-17-11-15(3-5-19(17)18)10-16-4-6-20(22)23-12-16/h3-6,11-12,14,18H,7-10,13H2,1-2H3,(H,25,26). The zero-order valence-corrected chi connectivity index (χ0v) is 16.9. The second-order valence-electron chi connectivity index (χ2n) is 7.50. The van der Waals surface area contributed by atoms with Crippen molar-refractivity contribution in [2.75, 3.05) is 13.1 Å². The summed E-state index contributed by atoms with van der Waals surface area (Å²) in [6.45, 7) is 5.56. The van der Waals surface area contributed by atoms with Crippen LogP contribution in [0.2, 0.25) is 0 Å². The second-order valence-corrected chi connectivity index (χ2v) is 8.32. The van der Waals surface area contributed by atoms with Crippen molar-refractivity contribution >= 4 is 22.0 Å². The van der Waals surface area contributed by atoms with Gasteiger partial charge in [-0.15, -0.1) is 0 Å². The molecule has 1 aliphatic rings. The fourth-order valence-corrected chi connectivity index (χ4v) is 4.02. The van der Waals surface area contributed by atoms with Gasteiger partial charge in [0.2, 0.25) is 0 Å². The lowest BCUT2D eigenvalue weighted by Crippen LogP contribution is -2.33. The van der Waals surface area contributed by atoms with Crippen molar-refractivity contribution in [3.05, 3.63) is 63.4 Å². The van der Waals surface area contributed by atoms with E-state index in [0.29, 0.717) is 19.0 Å². The fraction of sp³-hybridized carbons (Fsp3) is 0.429. The predicted octanol–water partition coefficient (Wildman–Crippen LogP) is 5.10. The third kappa shape index (κ3) is 4.64. The summed E-state index contributed by atoms with van der Waals surface area (Å²) in [4.78, 5) is 17.4. The van der Waals surface area contributed by atoms with E-state index in [2.05, 4.69) is 59.0 Å². The maximum Gasteiger partial charge on any atom is 0.407 e. The molecular formula is C21H25BrN2O2. The monoisotopic (exact) mass is 416 g/mol. The molecular weight excluding hydrogens is 392 g/mol. The minimum absolute atomic E-state index is 0.270. The summed E-state index contributed by atoms with van der Waals surface area (Å²) in [5.41, 5.74) is 5.04. The predicted molar refractivity (Wildman–Crippen MR) is 107 cm³/mol. The minimum Gasteiger partial charge on any atom is -0.465 e. The lowest BCUT2D eigenvalue weighted by atomic mass is 9.86.